The lowest BCUT2D eigenvalue weighted by atomic mass is 10.1. The Bertz CT molecular complexity index is 604. The predicted molar refractivity (Wildman–Crippen MR) is 69.7 cm³/mol. The van der Waals surface area contributed by atoms with Crippen molar-refractivity contribution in [3.63, 3.8) is 0 Å². The van der Waals surface area contributed by atoms with Gasteiger partial charge in [0.25, 0.3) is 11.9 Å². The van der Waals surface area contributed by atoms with Crippen LogP contribution in [0.4, 0.5) is 0 Å². The summed E-state index contributed by atoms with van der Waals surface area (Å²) < 4.78 is 5.00. The summed E-state index contributed by atoms with van der Waals surface area (Å²) in [6.45, 7) is 2.73. The van der Waals surface area contributed by atoms with Gasteiger partial charge >= 0.3 is 0 Å². The van der Waals surface area contributed by atoms with E-state index in [1.54, 1.807) is 11.8 Å². The highest BCUT2D eigenvalue weighted by Gasteiger charge is 2.36. The van der Waals surface area contributed by atoms with Gasteiger partial charge in [-0.1, -0.05) is 24.3 Å². The van der Waals surface area contributed by atoms with Gasteiger partial charge in [0.15, 0.2) is 0 Å². The van der Waals surface area contributed by atoms with E-state index in [9.17, 15) is 9.90 Å². The zero-order valence-electron chi connectivity index (χ0n) is 10.6. The summed E-state index contributed by atoms with van der Waals surface area (Å²) in [7, 11) is 0. The number of benzene rings is 1. The fraction of sp³-hybridized carbons (Fsp3) is 0.286. The lowest BCUT2D eigenvalue weighted by Crippen LogP contribution is -2.38. The van der Waals surface area contributed by atoms with E-state index in [1.807, 2.05) is 24.3 Å². The lowest BCUT2D eigenvalue weighted by molar-refractivity contribution is -0.124. The maximum absolute atomic E-state index is 12.3. The third kappa shape index (κ3) is 1.78. The third-order valence-corrected chi connectivity index (χ3v) is 3.27. The number of amidine groups is 1. The van der Waals surface area contributed by atoms with Crippen molar-refractivity contribution < 1.29 is 14.6 Å². The first-order chi connectivity index (χ1) is 9.22. The summed E-state index contributed by atoms with van der Waals surface area (Å²) in [5.41, 5.74) is 2.29. The molecule has 0 saturated heterocycles. The van der Waals surface area contributed by atoms with Crippen molar-refractivity contribution in [3.05, 3.63) is 46.9 Å². The largest absolute Gasteiger partial charge is 0.481 e. The molecule has 0 aliphatic carbocycles. The van der Waals surface area contributed by atoms with Gasteiger partial charge in [-0.3, -0.25) is 14.7 Å². The van der Waals surface area contributed by atoms with Gasteiger partial charge in [-0.25, -0.2) is 0 Å². The molecule has 0 aromatic heterocycles. The van der Waals surface area contributed by atoms with Gasteiger partial charge in [0, 0.05) is 5.56 Å². The van der Waals surface area contributed by atoms with E-state index in [1.165, 1.54) is 0 Å². The highest BCUT2D eigenvalue weighted by atomic mass is 16.6. The highest BCUT2D eigenvalue weighted by molar-refractivity contribution is 6.16. The first kappa shape index (κ1) is 11.8. The van der Waals surface area contributed by atoms with Crippen molar-refractivity contribution in [2.75, 3.05) is 13.2 Å². The van der Waals surface area contributed by atoms with E-state index in [4.69, 9.17) is 4.74 Å². The Labute approximate surface area is 110 Å². The summed E-state index contributed by atoms with van der Waals surface area (Å²) in [5, 5.41) is 9.72. The minimum Gasteiger partial charge on any atom is -0.481 e. The number of aliphatic hydroxyl groups excluding tert-OH is 1. The highest BCUT2D eigenvalue weighted by Crippen LogP contribution is 2.28. The molecule has 2 aliphatic heterocycles. The van der Waals surface area contributed by atoms with Crippen LogP contribution in [0.15, 0.2) is 40.8 Å². The standard InChI is InChI=1S/C14H14N2O3/c1-2-19-14(18)11-7-15-12-10-6-4-3-5-9(10)8-16(12)13(11)17/h3-6,18H,2,7-8H2,1H3/b14-11+. The number of rotatable bonds is 2. The van der Waals surface area contributed by atoms with Crippen molar-refractivity contribution in [2.45, 2.75) is 13.5 Å². The van der Waals surface area contributed by atoms with Crippen molar-refractivity contribution in [1.29, 1.82) is 0 Å². The van der Waals surface area contributed by atoms with Crippen LogP contribution in [0.1, 0.15) is 18.1 Å². The van der Waals surface area contributed by atoms with Crippen molar-refractivity contribution in [1.82, 2.24) is 4.90 Å². The number of hydrogen-bond donors (Lipinski definition) is 1. The minimum absolute atomic E-state index is 0.158. The Morgan fingerprint density at radius 3 is 3.05 bits per heavy atom. The minimum atomic E-state index is -0.314. The molecule has 2 heterocycles. The second kappa shape index (κ2) is 4.42. The summed E-state index contributed by atoms with van der Waals surface area (Å²) in [6.07, 6.45) is 0. The maximum atomic E-state index is 12.3. The molecule has 2 aliphatic rings. The average molecular weight is 258 g/mol. The van der Waals surface area contributed by atoms with E-state index in [0.717, 1.165) is 11.1 Å². The first-order valence-electron chi connectivity index (χ1n) is 6.22. The summed E-state index contributed by atoms with van der Waals surface area (Å²) in [6, 6.07) is 7.81. The summed E-state index contributed by atoms with van der Waals surface area (Å²) in [4.78, 5) is 18.3. The van der Waals surface area contributed by atoms with E-state index < -0.39 is 0 Å². The van der Waals surface area contributed by atoms with Gasteiger partial charge in [-0.05, 0) is 12.5 Å². The molecular weight excluding hydrogens is 244 g/mol. The molecule has 0 fully saturated rings. The number of ether oxygens (including phenoxy) is 1. The van der Waals surface area contributed by atoms with E-state index in [2.05, 4.69) is 4.99 Å². The van der Waals surface area contributed by atoms with E-state index in [-0.39, 0.29) is 24.0 Å². The molecule has 98 valence electrons. The van der Waals surface area contributed by atoms with Crippen LogP contribution < -0.4 is 0 Å². The van der Waals surface area contributed by atoms with Gasteiger partial charge < -0.3 is 9.84 Å². The van der Waals surface area contributed by atoms with Gasteiger partial charge in [0.2, 0.25) is 0 Å². The number of aliphatic hydroxyl groups is 1. The smallest absolute Gasteiger partial charge is 0.287 e. The molecular formula is C14H14N2O3. The summed E-state index contributed by atoms with van der Waals surface area (Å²) in [5.74, 6) is 0.145. The van der Waals surface area contributed by atoms with Crippen molar-refractivity contribution in [2.24, 2.45) is 4.99 Å². The molecule has 1 aromatic rings. The van der Waals surface area contributed by atoms with Gasteiger partial charge in [-0.15, -0.1) is 0 Å². The Hall–Kier alpha value is -2.30. The molecule has 5 nitrogen and oxygen atoms in total. The second-order valence-corrected chi connectivity index (χ2v) is 4.40. The van der Waals surface area contributed by atoms with Gasteiger partial charge in [-0.2, -0.15) is 0 Å². The molecule has 0 bridgehead atoms. The quantitative estimate of drug-likeness (QED) is 0.647. The lowest BCUT2D eigenvalue weighted by Gasteiger charge is -2.23. The topological polar surface area (TPSA) is 62.1 Å². The molecule has 0 saturated carbocycles. The van der Waals surface area contributed by atoms with E-state index >= 15 is 0 Å². The monoisotopic (exact) mass is 258 g/mol. The van der Waals surface area contributed by atoms with Crippen LogP contribution in [0.5, 0.6) is 0 Å². The molecule has 0 unspecified atom stereocenters. The van der Waals surface area contributed by atoms with Crippen molar-refractivity contribution in [3.8, 4) is 0 Å². The number of carbonyl (C=O) groups is 1. The second-order valence-electron chi connectivity index (χ2n) is 4.40. The fourth-order valence-corrected chi connectivity index (χ4v) is 2.37. The third-order valence-electron chi connectivity index (χ3n) is 3.27. The number of fused-ring (bicyclic) bond motifs is 3. The molecule has 0 spiro atoms. The van der Waals surface area contributed by atoms with Gasteiger partial charge in [0.05, 0.1) is 19.7 Å². The van der Waals surface area contributed by atoms with Gasteiger partial charge in [0.1, 0.15) is 11.4 Å². The number of aliphatic imine (C=N–C) groups is 1. The SMILES string of the molecule is CCO/C(O)=C1\CN=C2c3ccccc3CN2C1=O. The normalized spacial score (nSPS) is 19.7. The Morgan fingerprint density at radius 1 is 1.47 bits per heavy atom. The van der Waals surface area contributed by atoms with Crippen LogP contribution in [-0.2, 0) is 16.1 Å². The summed E-state index contributed by atoms with van der Waals surface area (Å²) >= 11 is 0. The molecule has 0 atom stereocenters. The Balaban J connectivity index is 1.99. The number of amides is 1. The van der Waals surface area contributed by atoms with Crippen LogP contribution in [0, 0.1) is 0 Å². The van der Waals surface area contributed by atoms with Crippen LogP contribution in [0.3, 0.4) is 0 Å². The zero-order chi connectivity index (χ0) is 13.4. The molecule has 1 amide bonds. The predicted octanol–water partition coefficient (Wildman–Crippen LogP) is 1.60. The number of carbonyl (C=O) groups excluding carboxylic acids is 1. The maximum Gasteiger partial charge on any atom is 0.287 e. The van der Waals surface area contributed by atoms with Crippen LogP contribution in [0.2, 0.25) is 0 Å². The molecule has 5 heteroatoms. The van der Waals surface area contributed by atoms with Crippen LogP contribution >= 0.6 is 0 Å². The van der Waals surface area contributed by atoms with Crippen molar-refractivity contribution >= 4 is 11.7 Å². The zero-order valence-corrected chi connectivity index (χ0v) is 10.6. The fourth-order valence-electron chi connectivity index (χ4n) is 2.37. The van der Waals surface area contributed by atoms with Crippen LogP contribution in [-0.4, -0.2) is 34.9 Å². The Kier molecular flexibility index (Phi) is 2.74. The number of nitrogens with zero attached hydrogens (tertiary/aromatic N) is 2. The molecule has 1 aromatic carbocycles. The Morgan fingerprint density at radius 2 is 2.26 bits per heavy atom. The molecule has 0 radical (unpaired) electrons. The molecule has 3 rings (SSSR count). The number of hydrogen-bond acceptors (Lipinski definition) is 4. The van der Waals surface area contributed by atoms with Crippen LogP contribution in [0.25, 0.3) is 0 Å². The average Bonchev–Trinajstić information content (AvgIpc) is 2.79. The van der Waals surface area contributed by atoms with E-state index in [0.29, 0.717) is 19.0 Å². The molecule has 1 N–H and O–H groups in total. The molecule has 19 heavy (non-hydrogen) atoms. The first-order valence-corrected chi connectivity index (χ1v) is 6.22.